The number of nitrogens with one attached hydrogen (secondary N) is 2. The molecule has 0 aliphatic carbocycles. The van der Waals surface area contributed by atoms with E-state index in [4.69, 9.17) is 0 Å². The van der Waals surface area contributed by atoms with Crippen LogP contribution < -0.4 is 10.2 Å². The average molecular weight is 435 g/mol. The lowest BCUT2D eigenvalue weighted by atomic mass is 10.1. The zero-order valence-corrected chi connectivity index (χ0v) is 17.7. The van der Waals surface area contributed by atoms with Gasteiger partial charge in [0.15, 0.2) is 5.78 Å². The van der Waals surface area contributed by atoms with Gasteiger partial charge < -0.3 is 25.2 Å². The summed E-state index contributed by atoms with van der Waals surface area (Å²) in [6, 6.07) is 11.4. The van der Waals surface area contributed by atoms with Crippen molar-refractivity contribution in [2.75, 3.05) is 37.7 Å². The first-order chi connectivity index (χ1) is 15.5. The number of H-pyrrole nitrogens is 1. The third-order valence-electron chi connectivity index (χ3n) is 5.70. The van der Waals surface area contributed by atoms with Crippen molar-refractivity contribution in [3.63, 3.8) is 0 Å². The first-order valence-electron chi connectivity index (χ1n) is 10.5. The van der Waals surface area contributed by atoms with Crippen LogP contribution in [0.25, 0.3) is 11.0 Å². The minimum atomic E-state index is -1.01. The minimum absolute atomic E-state index is 0.0218. The summed E-state index contributed by atoms with van der Waals surface area (Å²) in [5.74, 6) is -0.721. The van der Waals surface area contributed by atoms with Crippen LogP contribution in [-0.2, 0) is 4.79 Å². The first-order valence-corrected chi connectivity index (χ1v) is 10.5. The fourth-order valence-corrected chi connectivity index (χ4v) is 3.82. The Bertz CT molecular complexity index is 1130. The van der Waals surface area contributed by atoms with E-state index >= 15 is 0 Å². The molecule has 1 aliphatic heterocycles. The second kappa shape index (κ2) is 9.19. The van der Waals surface area contributed by atoms with Crippen molar-refractivity contribution in [1.29, 1.82) is 0 Å². The van der Waals surface area contributed by atoms with Gasteiger partial charge in [-0.15, -0.1) is 0 Å². The maximum atomic E-state index is 12.9. The Morgan fingerprint density at radius 1 is 1.06 bits per heavy atom. The number of aromatic nitrogens is 2. The van der Waals surface area contributed by atoms with Gasteiger partial charge in [-0.25, -0.2) is 4.98 Å². The maximum Gasteiger partial charge on any atom is 0.252 e. The van der Waals surface area contributed by atoms with E-state index in [0.29, 0.717) is 37.3 Å². The Labute approximate surface area is 185 Å². The highest BCUT2D eigenvalue weighted by Gasteiger charge is 2.28. The number of fused-ring (bicyclic) bond motifs is 1. The molecule has 1 fully saturated rings. The number of aromatic amines is 1. The predicted molar refractivity (Wildman–Crippen MR) is 120 cm³/mol. The maximum absolute atomic E-state index is 12.9. The van der Waals surface area contributed by atoms with E-state index in [2.05, 4.69) is 20.2 Å². The Kier molecular flexibility index (Phi) is 6.18. The number of hydrogen-bond acceptors (Lipinski definition) is 6. The van der Waals surface area contributed by atoms with Crippen molar-refractivity contribution in [3.8, 4) is 0 Å². The number of hydrogen-bond donors (Lipinski definition) is 3. The summed E-state index contributed by atoms with van der Waals surface area (Å²) < 4.78 is 0. The van der Waals surface area contributed by atoms with Crippen LogP contribution in [0, 0.1) is 0 Å². The summed E-state index contributed by atoms with van der Waals surface area (Å²) in [5.41, 5.74) is 3.49. The molecule has 2 aromatic carbocycles. The lowest BCUT2D eigenvalue weighted by molar-refractivity contribution is -0.134. The molecule has 1 saturated heterocycles. The van der Waals surface area contributed by atoms with Crippen LogP contribution in [0.5, 0.6) is 0 Å². The summed E-state index contributed by atoms with van der Waals surface area (Å²) in [7, 11) is 0. The van der Waals surface area contributed by atoms with Crippen molar-refractivity contribution in [1.82, 2.24) is 20.2 Å². The third kappa shape index (κ3) is 4.47. The van der Waals surface area contributed by atoms with Crippen LogP contribution in [0.15, 0.2) is 48.8 Å². The lowest BCUT2D eigenvalue weighted by Crippen LogP contribution is -2.56. The Balaban J connectivity index is 1.35. The quantitative estimate of drug-likeness (QED) is 0.501. The van der Waals surface area contributed by atoms with Gasteiger partial charge in [0, 0.05) is 43.0 Å². The lowest BCUT2D eigenvalue weighted by Gasteiger charge is -2.37. The van der Waals surface area contributed by atoms with Gasteiger partial charge in [0.25, 0.3) is 5.91 Å². The zero-order valence-electron chi connectivity index (χ0n) is 17.7. The van der Waals surface area contributed by atoms with E-state index in [1.807, 2.05) is 12.1 Å². The van der Waals surface area contributed by atoms with Gasteiger partial charge in [0.1, 0.15) is 6.04 Å². The van der Waals surface area contributed by atoms with Gasteiger partial charge in [-0.3, -0.25) is 14.4 Å². The number of rotatable bonds is 6. The third-order valence-corrected chi connectivity index (χ3v) is 5.70. The molecule has 1 aromatic heterocycles. The number of piperazine rings is 1. The van der Waals surface area contributed by atoms with Gasteiger partial charge >= 0.3 is 0 Å². The molecule has 0 radical (unpaired) electrons. The van der Waals surface area contributed by atoms with E-state index in [1.165, 1.54) is 6.92 Å². The van der Waals surface area contributed by atoms with Gasteiger partial charge in [-0.05, 0) is 49.4 Å². The van der Waals surface area contributed by atoms with E-state index < -0.39 is 18.6 Å². The molecule has 0 bridgehead atoms. The molecule has 0 unspecified atom stereocenters. The molecule has 2 amide bonds. The topological polar surface area (TPSA) is 119 Å². The molecule has 9 heteroatoms. The second-order valence-electron chi connectivity index (χ2n) is 7.76. The average Bonchev–Trinajstić information content (AvgIpc) is 3.30. The summed E-state index contributed by atoms with van der Waals surface area (Å²) in [5, 5.41) is 12.4. The Hall–Kier alpha value is -3.72. The molecular formula is C23H25N5O4. The fraction of sp³-hybridized carbons (Fsp3) is 0.304. The molecule has 32 heavy (non-hydrogen) atoms. The number of benzene rings is 2. The number of carbonyl (C=O) groups excluding carboxylic acids is 3. The number of Topliss-reactive ketones (excluding diaryl/α,β-unsaturated/α-hetero) is 1. The SMILES string of the molecule is CC(=O)c1ccc(N2CCN(C(=O)[C@H](CO)NC(=O)c3ccc4nc[nH]c4c3)CC2)cc1. The number of ketones is 1. The van der Waals surface area contributed by atoms with Gasteiger partial charge in [-0.1, -0.05) is 0 Å². The molecule has 1 aliphatic rings. The summed E-state index contributed by atoms with van der Waals surface area (Å²) in [6.07, 6.45) is 1.55. The van der Waals surface area contributed by atoms with Gasteiger partial charge in [-0.2, -0.15) is 0 Å². The molecule has 3 N–H and O–H groups in total. The molecule has 0 saturated carbocycles. The normalized spacial score (nSPS) is 14.9. The first kappa shape index (κ1) is 21.5. The smallest absolute Gasteiger partial charge is 0.252 e. The van der Waals surface area contributed by atoms with Crippen LogP contribution in [0.4, 0.5) is 5.69 Å². The summed E-state index contributed by atoms with van der Waals surface area (Å²) in [4.78, 5) is 47.8. The highest BCUT2D eigenvalue weighted by Crippen LogP contribution is 2.18. The van der Waals surface area contributed by atoms with Gasteiger partial charge in [0.2, 0.25) is 5.91 Å². The zero-order chi connectivity index (χ0) is 22.7. The molecule has 4 rings (SSSR count). The molecule has 0 spiro atoms. The largest absolute Gasteiger partial charge is 0.394 e. The van der Waals surface area contributed by atoms with Crippen LogP contribution in [0.3, 0.4) is 0 Å². The minimum Gasteiger partial charge on any atom is -0.394 e. The Morgan fingerprint density at radius 3 is 2.41 bits per heavy atom. The van der Waals surface area contributed by atoms with Crippen LogP contribution >= 0.6 is 0 Å². The van der Waals surface area contributed by atoms with Crippen molar-refractivity contribution >= 4 is 34.3 Å². The van der Waals surface area contributed by atoms with Crippen LogP contribution in [0.2, 0.25) is 0 Å². The monoisotopic (exact) mass is 435 g/mol. The molecular weight excluding hydrogens is 410 g/mol. The number of imidazole rings is 1. The summed E-state index contributed by atoms with van der Waals surface area (Å²) in [6.45, 7) is 3.23. The molecule has 2 heterocycles. The van der Waals surface area contributed by atoms with Crippen molar-refractivity contribution < 1.29 is 19.5 Å². The van der Waals surface area contributed by atoms with E-state index in [0.717, 1.165) is 16.7 Å². The summed E-state index contributed by atoms with van der Waals surface area (Å²) >= 11 is 0. The number of amides is 2. The number of nitrogens with zero attached hydrogens (tertiary/aromatic N) is 3. The van der Waals surface area contributed by atoms with E-state index in [9.17, 15) is 19.5 Å². The van der Waals surface area contributed by atoms with Crippen molar-refractivity contribution in [2.45, 2.75) is 13.0 Å². The molecule has 166 valence electrons. The standard InChI is InChI=1S/C23H25N5O4/c1-15(30)16-2-5-18(6-3-16)27-8-10-28(11-9-27)23(32)21(13-29)26-22(31)17-4-7-19-20(12-17)25-14-24-19/h2-7,12,14,21,29H,8-11,13H2,1H3,(H,24,25)(H,26,31)/t21-/m0/s1. The van der Waals surface area contributed by atoms with Crippen LogP contribution in [-0.4, -0.2) is 76.4 Å². The predicted octanol–water partition coefficient (Wildman–Crippen LogP) is 1.20. The second-order valence-corrected chi connectivity index (χ2v) is 7.76. The van der Waals surface area contributed by atoms with Crippen LogP contribution in [0.1, 0.15) is 27.6 Å². The molecule has 3 aromatic rings. The number of carbonyl (C=O) groups is 3. The van der Waals surface area contributed by atoms with Crippen molar-refractivity contribution in [2.24, 2.45) is 0 Å². The highest BCUT2D eigenvalue weighted by molar-refractivity contribution is 6.00. The Morgan fingerprint density at radius 2 is 1.75 bits per heavy atom. The highest BCUT2D eigenvalue weighted by atomic mass is 16.3. The van der Waals surface area contributed by atoms with E-state index in [-0.39, 0.29) is 11.7 Å². The number of anilines is 1. The van der Waals surface area contributed by atoms with Gasteiger partial charge in [0.05, 0.1) is 24.0 Å². The van der Waals surface area contributed by atoms with Crippen molar-refractivity contribution in [3.05, 3.63) is 59.9 Å². The molecule has 1 atom stereocenters. The fourth-order valence-electron chi connectivity index (χ4n) is 3.82. The number of aliphatic hydroxyl groups is 1. The molecule has 9 nitrogen and oxygen atoms in total. The van der Waals surface area contributed by atoms with E-state index in [1.54, 1.807) is 41.6 Å². The number of aliphatic hydroxyl groups excluding tert-OH is 1.